The van der Waals surface area contributed by atoms with Crippen molar-refractivity contribution >= 4 is 33.9 Å². The molecule has 4 aromatic carbocycles. The third-order valence-electron chi connectivity index (χ3n) is 6.52. The molecule has 4 aromatic rings. The summed E-state index contributed by atoms with van der Waals surface area (Å²) < 4.78 is 27.9. The summed E-state index contributed by atoms with van der Waals surface area (Å²) in [6, 6.07) is 20.1. The van der Waals surface area contributed by atoms with E-state index in [0.29, 0.717) is 11.1 Å². The first-order valence-electron chi connectivity index (χ1n) is 11.1. The van der Waals surface area contributed by atoms with Gasteiger partial charge in [0.2, 0.25) is 0 Å². The average molecular weight is 469 g/mol. The van der Waals surface area contributed by atoms with Crippen LogP contribution in [0, 0.1) is 25.5 Å². The highest BCUT2D eigenvalue weighted by Crippen LogP contribution is 2.44. The van der Waals surface area contributed by atoms with Gasteiger partial charge in [0.25, 0.3) is 11.7 Å². The highest BCUT2D eigenvalue weighted by molar-refractivity contribution is 6.51. The number of nitrogens with zero attached hydrogens (tertiary/aromatic N) is 1. The van der Waals surface area contributed by atoms with Crippen LogP contribution in [0.4, 0.5) is 14.5 Å². The molecule has 1 N–H and O–H groups in total. The van der Waals surface area contributed by atoms with Crippen LogP contribution in [0.25, 0.3) is 16.5 Å². The van der Waals surface area contributed by atoms with Gasteiger partial charge in [0, 0.05) is 17.3 Å². The minimum absolute atomic E-state index is 0.0167. The number of hydrogen-bond acceptors (Lipinski definition) is 3. The van der Waals surface area contributed by atoms with E-state index in [0.717, 1.165) is 38.9 Å². The number of aryl methyl sites for hydroxylation is 2. The van der Waals surface area contributed by atoms with Crippen LogP contribution in [0.3, 0.4) is 0 Å². The number of fused-ring (bicyclic) bond motifs is 1. The third kappa shape index (κ3) is 3.67. The number of anilines is 1. The smallest absolute Gasteiger partial charge is 0.300 e. The minimum atomic E-state index is -1.14. The summed E-state index contributed by atoms with van der Waals surface area (Å²) >= 11 is 0. The Morgan fingerprint density at radius 3 is 2.31 bits per heavy atom. The van der Waals surface area contributed by atoms with Gasteiger partial charge in [0.15, 0.2) is 11.6 Å². The fourth-order valence-corrected chi connectivity index (χ4v) is 4.56. The topological polar surface area (TPSA) is 57.6 Å². The van der Waals surface area contributed by atoms with Gasteiger partial charge in [-0.15, -0.1) is 0 Å². The van der Waals surface area contributed by atoms with Crippen LogP contribution in [-0.4, -0.2) is 16.8 Å². The van der Waals surface area contributed by atoms with Gasteiger partial charge in [-0.3, -0.25) is 14.5 Å². The predicted molar refractivity (Wildman–Crippen MR) is 131 cm³/mol. The molecule has 5 rings (SSSR count). The molecule has 1 unspecified atom stereocenters. The number of amides is 1. The van der Waals surface area contributed by atoms with E-state index in [-0.39, 0.29) is 17.0 Å². The van der Waals surface area contributed by atoms with Gasteiger partial charge in [0.05, 0.1) is 11.6 Å². The number of carbonyl (C=O) groups excluding carboxylic acids is 2. The zero-order valence-corrected chi connectivity index (χ0v) is 19.0. The van der Waals surface area contributed by atoms with Crippen molar-refractivity contribution in [1.82, 2.24) is 0 Å². The van der Waals surface area contributed by atoms with Crippen molar-refractivity contribution in [1.29, 1.82) is 0 Å². The second-order valence-corrected chi connectivity index (χ2v) is 8.63. The normalized spacial score (nSPS) is 17.4. The van der Waals surface area contributed by atoms with Crippen LogP contribution < -0.4 is 4.90 Å². The van der Waals surface area contributed by atoms with E-state index < -0.39 is 29.4 Å². The van der Waals surface area contributed by atoms with Gasteiger partial charge >= 0.3 is 0 Å². The molecule has 0 aliphatic carbocycles. The first-order valence-corrected chi connectivity index (χ1v) is 11.1. The number of rotatable bonds is 3. The van der Waals surface area contributed by atoms with Crippen LogP contribution in [0.1, 0.15) is 28.3 Å². The fourth-order valence-electron chi connectivity index (χ4n) is 4.56. The maximum atomic E-state index is 14.2. The summed E-state index contributed by atoms with van der Waals surface area (Å²) in [6.07, 6.45) is 0. The molecule has 35 heavy (non-hydrogen) atoms. The molecule has 0 spiro atoms. The quantitative estimate of drug-likeness (QED) is 0.216. The van der Waals surface area contributed by atoms with E-state index in [1.54, 1.807) is 24.3 Å². The van der Waals surface area contributed by atoms with E-state index in [9.17, 15) is 23.5 Å². The van der Waals surface area contributed by atoms with Crippen molar-refractivity contribution < 1.29 is 23.5 Å². The van der Waals surface area contributed by atoms with E-state index in [1.807, 2.05) is 50.2 Å². The summed E-state index contributed by atoms with van der Waals surface area (Å²) in [5.41, 5.74) is 2.79. The maximum absolute atomic E-state index is 14.2. The summed E-state index contributed by atoms with van der Waals surface area (Å²) in [5.74, 6) is -4.37. The monoisotopic (exact) mass is 469 g/mol. The maximum Gasteiger partial charge on any atom is 0.300 e. The number of carbonyl (C=O) groups is 2. The molecule has 1 aliphatic heterocycles. The molecule has 174 valence electrons. The summed E-state index contributed by atoms with van der Waals surface area (Å²) in [6.45, 7) is 3.81. The van der Waals surface area contributed by atoms with Crippen molar-refractivity contribution in [2.24, 2.45) is 0 Å². The molecule has 6 heteroatoms. The molecular weight excluding hydrogens is 448 g/mol. The van der Waals surface area contributed by atoms with Gasteiger partial charge in [-0.1, -0.05) is 54.6 Å². The van der Waals surface area contributed by atoms with E-state index >= 15 is 0 Å². The van der Waals surface area contributed by atoms with Crippen molar-refractivity contribution in [2.45, 2.75) is 19.9 Å². The lowest BCUT2D eigenvalue weighted by Gasteiger charge is -2.26. The molecule has 1 amide bonds. The molecular formula is C29H21F2NO3. The Balaban J connectivity index is 1.81. The number of aliphatic hydroxyl groups excluding tert-OH is 1. The Kier molecular flexibility index (Phi) is 5.44. The lowest BCUT2D eigenvalue weighted by atomic mass is 9.91. The predicted octanol–water partition coefficient (Wildman–Crippen LogP) is 6.36. The Bertz CT molecular complexity index is 1550. The Labute approximate surface area is 200 Å². The minimum Gasteiger partial charge on any atom is -0.507 e. The molecule has 0 bridgehead atoms. The molecule has 1 fully saturated rings. The van der Waals surface area contributed by atoms with Gasteiger partial charge in [-0.2, -0.15) is 0 Å². The fraction of sp³-hybridized carbons (Fsp3) is 0.103. The molecule has 1 aliphatic rings. The first-order chi connectivity index (χ1) is 16.8. The highest BCUT2D eigenvalue weighted by Gasteiger charge is 2.47. The molecule has 0 saturated carbocycles. The van der Waals surface area contributed by atoms with Crippen LogP contribution in [0.5, 0.6) is 0 Å². The van der Waals surface area contributed by atoms with Crippen molar-refractivity contribution in [2.75, 3.05) is 4.90 Å². The van der Waals surface area contributed by atoms with Gasteiger partial charge < -0.3 is 5.11 Å². The Hall–Kier alpha value is -4.32. The van der Waals surface area contributed by atoms with Gasteiger partial charge in [-0.25, -0.2) is 8.78 Å². The third-order valence-corrected chi connectivity index (χ3v) is 6.52. The molecule has 1 heterocycles. The zero-order chi connectivity index (χ0) is 24.9. The van der Waals surface area contributed by atoms with Crippen LogP contribution >= 0.6 is 0 Å². The molecule has 4 nitrogen and oxygen atoms in total. The van der Waals surface area contributed by atoms with Gasteiger partial charge in [-0.05, 0) is 59.5 Å². The first kappa shape index (κ1) is 22.5. The SMILES string of the molecule is Cc1ccc(/C(O)=C2/C(=O)C(=O)N(c3ccc(F)c(F)c3)C2c2cccc3ccccc23)cc1C. The standard InChI is InChI=1S/C29H21F2NO3/c1-16-10-11-19(14-17(16)2)27(33)25-26(22-9-5-7-18-6-3-4-8-21(18)22)32(29(35)28(25)34)20-12-13-23(30)24(31)15-20/h3-15,26,33H,1-2H3/b27-25-. The lowest BCUT2D eigenvalue weighted by molar-refractivity contribution is -0.132. The average Bonchev–Trinajstić information content (AvgIpc) is 3.12. The number of Topliss-reactive ketones (excluding diaryl/α,β-unsaturated/α-hetero) is 1. The van der Waals surface area contributed by atoms with E-state index in [2.05, 4.69) is 0 Å². The van der Waals surface area contributed by atoms with Crippen LogP contribution in [-0.2, 0) is 9.59 Å². The largest absolute Gasteiger partial charge is 0.507 e. The lowest BCUT2D eigenvalue weighted by Crippen LogP contribution is -2.29. The zero-order valence-electron chi connectivity index (χ0n) is 19.0. The summed E-state index contributed by atoms with van der Waals surface area (Å²) in [7, 11) is 0. The summed E-state index contributed by atoms with van der Waals surface area (Å²) in [5, 5.41) is 13.0. The van der Waals surface area contributed by atoms with Crippen molar-refractivity contribution in [3.8, 4) is 0 Å². The van der Waals surface area contributed by atoms with E-state index in [1.165, 1.54) is 6.07 Å². The number of hydrogen-bond donors (Lipinski definition) is 1. The second kappa shape index (κ2) is 8.47. The summed E-state index contributed by atoms with van der Waals surface area (Å²) in [4.78, 5) is 27.8. The Morgan fingerprint density at radius 2 is 1.57 bits per heavy atom. The number of ketones is 1. The van der Waals surface area contributed by atoms with Crippen molar-refractivity contribution in [3.63, 3.8) is 0 Å². The highest BCUT2D eigenvalue weighted by atomic mass is 19.2. The number of halogens is 2. The molecule has 1 atom stereocenters. The van der Waals surface area contributed by atoms with Gasteiger partial charge in [0.1, 0.15) is 5.76 Å². The number of benzene rings is 4. The van der Waals surface area contributed by atoms with Crippen molar-refractivity contribution in [3.05, 3.63) is 118 Å². The molecule has 0 radical (unpaired) electrons. The van der Waals surface area contributed by atoms with E-state index in [4.69, 9.17) is 0 Å². The van der Waals surface area contributed by atoms with Crippen LogP contribution in [0.2, 0.25) is 0 Å². The second-order valence-electron chi connectivity index (χ2n) is 8.63. The van der Waals surface area contributed by atoms with Crippen LogP contribution in [0.15, 0.2) is 84.4 Å². The Morgan fingerprint density at radius 1 is 0.829 bits per heavy atom. The molecule has 1 saturated heterocycles. The number of aliphatic hydroxyl groups is 1. The molecule has 0 aromatic heterocycles.